The van der Waals surface area contributed by atoms with Crippen molar-refractivity contribution in [2.24, 2.45) is 5.41 Å². The minimum atomic E-state index is -0.237. The Balaban J connectivity index is 1.48. The molecule has 0 N–H and O–H groups in total. The quantitative estimate of drug-likeness (QED) is 0.351. The molecule has 3 aromatic rings. The average Bonchev–Trinajstić information content (AvgIpc) is 3.33. The first-order valence-electron chi connectivity index (χ1n) is 11.8. The summed E-state index contributed by atoms with van der Waals surface area (Å²) in [6, 6.07) is 16.8. The highest BCUT2D eigenvalue weighted by molar-refractivity contribution is 6.30. The summed E-state index contributed by atoms with van der Waals surface area (Å²) in [5, 5.41) is 5.56. The predicted molar refractivity (Wildman–Crippen MR) is 136 cm³/mol. The Hall–Kier alpha value is -2.62. The molecule has 2 aliphatic carbocycles. The Morgan fingerprint density at radius 2 is 2.03 bits per heavy atom. The van der Waals surface area contributed by atoms with Gasteiger partial charge in [0.2, 0.25) is 0 Å². The number of fused-ring (bicyclic) bond motifs is 2. The van der Waals surface area contributed by atoms with E-state index in [0.29, 0.717) is 6.61 Å². The number of aromatic nitrogens is 2. The molecule has 0 amide bonds. The van der Waals surface area contributed by atoms with Crippen molar-refractivity contribution < 1.29 is 4.74 Å². The van der Waals surface area contributed by atoms with Crippen LogP contribution in [0.4, 0.5) is 0 Å². The molecule has 2 atom stereocenters. The van der Waals surface area contributed by atoms with E-state index in [-0.39, 0.29) is 11.0 Å². The van der Waals surface area contributed by atoms with Crippen LogP contribution in [-0.2, 0) is 17.6 Å². The first-order valence-corrected chi connectivity index (χ1v) is 12.2. The second kappa shape index (κ2) is 8.62. The van der Waals surface area contributed by atoms with Crippen molar-refractivity contribution in [2.75, 3.05) is 6.61 Å². The van der Waals surface area contributed by atoms with Crippen LogP contribution in [0.2, 0.25) is 5.02 Å². The first-order chi connectivity index (χ1) is 15.9. The Kier molecular flexibility index (Phi) is 5.80. The third kappa shape index (κ3) is 3.88. The smallest absolute Gasteiger partial charge is 0.0786 e. The number of aryl methyl sites for hydroxylation is 2. The lowest BCUT2D eigenvalue weighted by atomic mass is 9.65. The predicted octanol–water partition coefficient (Wildman–Crippen LogP) is 7.15. The fraction of sp³-hybridized carbons (Fsp3) is 0.345. The molecule has 0 aliphatic heterocycles. The van der Waals surface area contributed by atoms with Crippen molar-refractivity contribution in [3.8, 4) is 5.69 Å². The van der Waals surface area contributed by atoms with Gasteiger partial charge in [0.15, 0.2) is 0 Å². The van der Waals surface area contributed by atoms with Crippen LogP contribution in [0.25, 0.3) is 11.8 Å². The van der Waals surface area contributed by atoms with Gasteiger partial charge in [0.25, 0.3) is 0 Å². The van der Waals surface area contributed by atoms with E-state index in [1.54, 1.807) is 0 Å². The van der Waals surface area contributed by atoms with Crippen molar-refractivity contribution >= 4 is 17.7 Å². The highest BCUT2D eigenvalue weighted by atomic mass is 35.5. The van der Waals surface area contributed by atoms with Gasteiger partial charge in [-0.1, -0.05) is 60.0 Å². The molecule has 1 saturated carbocycles. The number of rotatable bonds is 7. The minimum absolute atomic E-state index is 0.0667. The summed E-state index contributed by atoms with van der Waals surface area (Å²) in [7, 11) is 0. The third-order valence-corrected chi connectivity index (χ3v) is 7.95. The lowest BCUT2D eigenvalue weighted by molar-refractivity contribution is -0.0976. The second-order valence-electron chi connectivity index (χ2n) is 9.70. The fourth-order valence-corrected chi connectivity index (χ4v) is 5.98. The second-order valence-corrected chi connectivity index (χ2v) is 10.1. The van der Waals surface area contributed by atoms with E-state index in [0.717, 1.165) is 42.8 Å². The maximum atomic E-state index is 6.66. The average molecular weight is 459 g/mol. The summed E-state index contributed by atoms with van der Waals surface area (Å²) in [4.78, 5) is 0. The summed E-state index contributed by atoms with van der Waals surface area (Å²) < 4.78 is 8.75. The first kappa shape index (κ1) is 22.2. The Labute approximate surface area is 201 Å². The highest BCUT2D eigenvalue weighted by Gasteiger charge is 2.56. The van der Waals surface area contributed by atoms with E-state index in [1.165, 1.54) is 28.0 Å². The number of nitrogens with zero attached hydrogens (tertiary/aromatic N) is 2. The molecule has 0 spiro atoms. The molecule has 0 bridgehead atoms. The lowest BCUT2D eigenvalue weighted by Crippen LogP contribution is -2.48. The Bertz CT molecular complexity index is 1210. The molecule has 5 rings (SSSR count). The molecule has 3 nitrogen and oxygen atoms in total. The largest absolute Gasteiger partial charge is 0.370 e. The van der Waals surface area contributed by atoms with Crippen molar-refractivity contribution in [1.82, 2.24) is 9.78 Å². The molecule has 0 saturated heterocycles. The van der Waals surface area contributed by atoms with E-state index in [1.807, 2.05) is 24.4 Å². The summed E-state index contributed by atoms with van der Waals surface area (Å²) >= 11 is 6.25. The van der Waals surface area contributed by atoms with Crippen LogP contribution in [0.15, 0.2) is 73.0 Å². The topological polar surface area (TPSA) is 27.1 Å². The minimum Gasteiger partial charge on any atom is -0.370 e. The van der Waals surface area contributed by atoms with Crippen molar-refractivity contribution in [3.05, 3.63) is 100 Å². The van der Waals surface area contributed by atoms with Gasteiger partial charge in [0.1, 0.15) is 0 Å². The standard InChI is InChI=1S/C29H31ClN2O/c1-4-16-33-29(14-12-22-6-5-7-25(30)17-22)15-13-24-18-27-23(19-28(24,29)3)20-31-32(27)26-10-8-21(2)9-11-26/h4-11,17-18,20H,1,12-16,19H2,2-3H3/t28-,29-/m0/s1. The summed E-state index contributed by atoms with van der Waals surface area (Å²) in [5.74, 6) is 0. The normalized spacial score (nSPS) is 23.7. The fourth-order valence-electron chi connectivity index (χ4n) is 5.77. The maximum Gasteiger partial charge on any atom is 0.0786 e. The molecule has 2 aromatic carbocycles. The molecule has 1 aromatic heterocycles. The maximum absolute atomic E-state index is 6.66. The van der Waals surface area contributed by atoms with Gasteiger partial charge in [0, 0.05) is 10.4 Å². The van der Waals surface area contributed by atoms with E-state index in [9.17, 15) is 0 Å². The van der Waals surface area contributed by atoms with Gasteiger partial charge < -0.3 is 4.74 Å². The van der Waals surface area contributed by atoms with Gasteiger partial charge in [0.05, 0.1) is 29.8 Å². The SMILES string of the molecule is C=CCO[C@@]1(CCc2cccc(Cl)c2)CCC2=Cc3c(cnn3-c3ccc(C)cc3)C[C@@]21C. The molecular weight excluding hydrogens is 428 g/mol. The molecule has 0 unspecified atom stereocenters. The van der Waals surface area contributed by atoms with Crippen molar-refractivity contribution in [1.29, 1.82) is 0 Å². The molecule has 0 radical (unpaired) electrons. The lowest BCUT2D eigenvalue weighted by Gasteiger charge is -2.46. The Morgan fingerprint density at radius 3 is 2.79 bits per heavy atom. The van der Waals surface area contributed by atoms with Crippen LogP contribution in [0.3, 0.4) is 0 Å². The van der Waals surface area contributed by atoms with Gasteiger partial charge >= 0.3 is 0 Å². The van der Waals surface area contributed by atoms with Crippen LogP contribution in [0, 0.1) is 12.3 Å². The molecule has 33 heavy (non-hydrogen) atoms. The number of hydrogen-bond acceptors (Lipinski definition) is 2. The summed E-state index contributed by atoms with van der Waals surface area (Å²) in [6.45, 7) is 8.98. The van der Waals surface area contributed by atoms with E-state index >= 15 is 0 Å². The number of hydrogen-bond donors (Lipinski definition) is 0. The molecule has 1 fully saturated rings. The van der Waals surface area contributed by atoms with Crippen LogP contribution >= 0.6 is 11.6 Å². The third-order valence-electron chi connectivity index (χ3n) is 7.72. The molecule has 4 heteroatoms. The molecule has 2 aliphatic rings. The highest BCUT2D eigenvalue weighted by Crippen LogP contribution is 2.58. The van der Waals surface area contributed by atoms with Crippen LogP contribution < -0.4 is 0 Å². The van der Waals surface area contributed by atoms with Gasteiger partial charge in [-0.2, -0.15) is 5.10 Å². The monoisotopic (exact) mass is 458 g/mol. The van der Waals surface area contributed by atoms with Gasteiger partial charge in [-0.05, 0) is 80.5 Å². The van der Waals surface area contributed by atoms with Gasteiger partial charge in [-0.25, -0.2) is 4.68 Å². The molecular formula is C29H31ClN2O. The van der Waals surface area contributed by atoms with E-state index in [2.05, 4.69) is 67.6 Å². The zero-order valence-electron chi connectivity index (χ0n) is 19.5. The molecule has 1 heterocycles. The van der Waals surface area contributed by atoms with E-state index in [4.69, 9.17) is 21.4 Å². The van der Waals surface area contributed by atoms with Crippen molar-refractivity contribution in [3.63, 3.8) is 0 Å². The number of halogens is 1. The van der Waals surface area contributed by atoms with E-state index < -0.39 is 0 Å². The Morgan fingerprint density at radius 1 is 1.21 bits per heavy atom. The molecule has 170 valence electrons. The zero-order chi connectivity index (χ0) is 23.1. The van der Waals surface area contributed by atoms with Gasteiger partial charge in [-0.15, -0.1) is 6.58 Å². The van der Waals surface area contributed by atoms with Crippen LogP contribution in [-0.4, -0.2) is 22.0 Å². The number of benzene rings is 2. The van der Waals surface area contributed by atoms with Crippen LogP contribution in [0.1, 0.15) is 48.6 Å². The summed E-state index contributed by atoms with van der Waals surface area (Å²) in [6.07, 6.45) is 11.2. The van der Waals surface area contributed by atoms with Crippen LogP contribution in [0.5, 0.6) is 0 Å². The number of ether oxygens (including phenoxy) is 1. The van der Waals surface area contributed by atoms with Crippen molar-refractivity contribution in [2.45, 2.75) is 51.6 Å². The zero-order valence-corrected chi connectivity index (χ0v) is 20.2. The van der Waals surface area contributed by atoms with Gasteiger partial charge in [-0.3, -0.25) is 0 Å². The summed E-state index contributed by atoms with van der Waals surface area (Å²) in [5.41, 5.74) is 7.29.